The molecule has 0 aromatic heterocycles. The molecule has 3 heterocycles. The predicted molar refractivity (Wildman–Crippen MR) is 155 cm³/mol. The molecule has 1 unspecified atom stereocenters. The number of anilines is 1. The van der Waals surface area contributed by atoms with Crippen molar-refractivity contribution in [1.82, 2.24) is 10.2 Å². The van der Waals surface area contributed by atoms with Crippen LogP contribution < -0.4 is 10.2 Å². The lowest BCUT2D eigenvalue weighted by Gasteiger charge is -2.53. The molecule has 2 aromatic carbocycles. The van der Waals surface area contributed by atoms with Gasteiger partial charge in [0.1, 0.15) is 0 Å². The third-order valence-electron chi connectivity index (χ3n) is 10.1. The number of fused-ring (bicyclic) bond motifs is 1. The lowest BCUT2D eigenvalue weighted by atomic mass is 9.63. The van der Waals surface area contributed by atoms with Crippen LogP contribution in [0.3, 0.4) is 0 Å². The summed E-state index contributed by atoms with van der Waals surface area (Å²) in [7, 11) is -3.21. The van der Waals surface area contributed by atoms with Gasteiger partial charge in [-0.3, -0.25) is 0 Å². The number of nitrogens with zero attached hydrogens (tertiary/aromatic N) is 2. The Balaban J connectivity index is 1.05. The number of nitrogens with one attached hydrogen (secondary N) is 1. The minimum atomic E-state index is -3.21. The molecule has 38 heavy (non-hydrogen) atoms. The van der Waals surface area contributed by atoms with Gasteiger partial charge in [-0.05, 0) is 106 Å². The first-order chi connectivity index (χ1) is 18.4. The van der Waals surface area contributed by atoms with Crippen molar-refractivity contribution in [1.29, 1.82) is 0 Å². The van der Waals surface area contributed by atoms with Gasteiger partial charge in [0.25, 0.3) is 0 Å². The monoisotopic (exact) mass is 535 g/mol. The van der Waals surface area contributed by atoms with Crippen LogP contribution in [0.1, 0.15) is 63.5 Å². The lowest BCUT2D eigenvalue weighted by Crippen LogP contribution is -2.59. The zero-order chi connectivity index (χ0) is 26.3. The predicted octanol–water partition coefficient (Wildman–Crippen LogP) is 5.25. The summed E-state index contributed by atoms with van der Waals surface area (Å²) in [6, 6.07) is 16.8. The van der Waals surface area contributed by atoms with Crippen LogP contribution in [0.15, 0.2) is 53.4 Å². The summed E-state index contributed by atoms with van der Waals surface area (Å²) in [5.41, 5.74) is 4.53. The van der Waals surface area contributed by atoms with Crippen LogP contribution in [0.2, 0.25) is 0 Å². The number of hydrogen-bond donors (Lipinski definition) is 1. The van der Waals surface area contributed by atoms with Crippen LogP contribution in [0, 0.1) is 17.8 Å². The van der Waals surface area contributed by atoms with E-state index in [-0.39, 0.29) is 10.8 Å². The zero-order valence-electron chi connectivity index (χ0n) is 23.2. The van der Waals surface area contributed by atoms with E-state index in [4.69, 9.17) is 0 Å². The highest BCUT2D eigenvalue weighted by atomic mass is 32.2. The highest BCUT2D eigenvalue weighted by Crippen LogP contribution is 2.50. The van der Waals surface area contributed by atoms with Crippen molar-refractivity contribution >= 4 is 15.5 Å². The van der Waals surface area contributed by atoms with Crippen molar-refractivity contribution in [3.05, 3.63) is 59.7 Å². The van der Waals surface area contributed by atoms with Crippen LogP contribution >= 0.6 is 0 Å². The van der Waals surface area contributed by atoms with Gasteiger partial charge in [0.2, 0.25) is 0 Å². The molecule has 1 aliphatic carbocycles. The normalized spacial score (nSPS) is 26.0. The maximum absolute atomic E-state index is 12.4. The minimum Gasteiger partial charge on any atom is -0.371 e. The Hall–Kier alpha value is -1.89. The average Bonchev–Trinajstić information content (AvgIpc) is 3.46. The van der Waals surface area contributed by atoms with Crippen LogP contribution in [-0.4, -0.2) is 57.8 Å². The van der Waals surface area contributed by atoms with E-state index in [1.165, 1.54) is 58.2 Å². The zero-order valence-corrected chi connectivity index (χ0v) is 24.1. The molecule has 5 nitrogen and oxygen atoms in total. The second kappa shape index (κ2) is 10.6. The van der Waals surface area contributed by atoms with Crippen molar-refractivity contribution in [2.75, 3.05) is 44.2 Å². The first-order valence-corrected chi connectivity index (χ1v) is 16.6. The molecule has 1 N–H and O–H groups in total. The molecule has 2 aromatic rings. The third-order valence-corrected chi connectivity index (χ3v) is 12.3. The van der Waals surface area contributed by atoms with Gasteiger partial charge in [0, 0.05) is 43.3 Å². The Kier molecular flexibility index (Phi) is 7.34. The Morgan fingerprint density at radius 1 is 0.921 bits per heavy atom. The highest BCUT2D eigenvalue weighted by molar-refractivity contribution is 7.92. The van der Waals surface area contributed by atoms with E-state index < -0.39 is 9.84 Å². The Morgan fingerprint density at radius 2 is 1.58 bits per heavy atom. The summed E-state index contributed by atoms with van der Waals surface area (Å²) >= 11 is 0. The van der Waals surface area contributed by atoms with Crippen molar-refractivity contribution < 1.29 is 8.42 Å². The molecule has 0 amide bonds. The fourth-order valence-electron chi connectivity index (χ4n) is 8.04. The van der Waals surface area contributed by atoms with Crippen molar-refractivity contribution in [2.24, 2.45) is 17.8 Å². The van der Waals surface area contributed by atoms with E-state index in [1.807, 2.05) is 12.1 Å². The summed E-state index contributed by atoms with van der Waals surface area (Å²) in [5.74, 6) is 2.20. The molecule has 0 bridgehead atoms. The number of rotatable bonds is 7. The fraction of sp³-hybridized carbons (Fsp3) is 0.625. The molecular formula is C32H45N3O2S. The van der Waals surface area contributed by atoms with Crippen LogP contribution in [0.25, 0.3) is 0 Å². The molecule has 6 heteroatoms. The summed E-state index contributed by atoms with van der Waals surface area (Å²) < 4.78 is 24.9. The molecule has 0 radical (unpaired) electrons. The number of sulfone groups is 1. The molecule has 2 saturated heterocycles. The standard InChI is InChI=1S/C32H45N3O2S/c1-24(2)38(36,37)30-13-11-29(12-14-30)35-22-25(23-35)21-34-19-16-28(17-20-34)32(27-8-4-5-9-27)31-10-6-3-7-26(31)15-18-33-32/h3,6-7,10-14,24-25,27-28,33H,4-5,8-9,15-23H2,1-2H3. The van der Waals surface area contributed by atoms with Gasteiger partial charge in [-0.25, -0.2) is 8.42 Å². The van der Waals surface area contributed by atoms with Crippen molar-refractivity contribution in [3.8, 4) is 0 Å². The minimum absolute atomic E-state index is 0.180. The first kappa shape index (κ1) is 26.3. The lowest BCUT2D eigenvalue weighted by molar-refractivity contribution is 0.0492. The van der Waals surface area contributed by atoms with Gasteiger partial charge >= 0.3 is 0 Å². The molecular weight excluding hydrogens is 490 g/mol. The maximum Gasteiger partial charge on any atom is 0.180 e. The van der Waals surface area contributed by atoms with Gasteiger partial charge < -0.3 is 15.1 Å². The van der Waals surface area contributed by atoms with Gasteiger partial charge in [-0.2, -0.15) is 0 Å². The topological polar surface area (TPSA) is 52.7 Å². The third kappa shape index (κ3) is 4.71. The summed E-state index contributed by atoms with van der Waals surface area (Å²) in [6.07, 6.45) is 9.29. The second-order valence-corrected chi connectivity index (χ2v) is 15.1. The van der Waals surface area contributed by atoms with Gasteiger partial charge in [0.05, 0.1) is 10.1 Å². The van der Waals surface area contributed by atoms with Crippen molar-refractivity contribution in [3.63, 3.8) is 0 Å². The summed E-state index contributed by atoms with van der Waals surface area (Å²) in [6.45, 7) is 10.3. The van der Waals surface area contributed by atoms with E-state index in [0.717, 1.165) is 43.6 Å². The average molecular weight is 536 g/mol. The van der Waals surface area contributed by atoms with Gasteiger partial charge in [0.15, 0.2) is 9.84 Å². The molecule has 3 fully saturated rings. The van der Waals surface area contributed by atoms with Gasteiger partial charge in [-0.1, -0.05) is 37.1 Å². The molecule has 6 rings (SSSR count). The summed E-state index contributed by atoms with van der Waals surface area (Å²) in [4.78, 5) is 5.54. The fourth-order valence-corrected chi connectivity index (χ4v) is 9.09. The quantitative estimate of drug-likeness (QED) is 0.525. The van der Waals surface area contributed by atoms with E-state index in [1.54, 1.807) is 37.1 Å². The number of likely N-dealkylation sites (tertiary alicyclic amines) is 1. The SMILES string of the molecule is CC(C)S(=O)(=O)c1ccc(N2CC(CN3CCC(C4(C5CCCC5)NCCc5ccccc54)CC3)C2)cc1. The number of benzene rings is 2. The smallest absolute Gasteiger partial charge is 0.180 e. The summed E-state index contributed by atoms with van der Waals surface area (Å²) in [5, 5.41) is 3.77. The molecule has 4 aliphatic rings. The van der Waals surface area contributed by atoms with E-state index in [0.29, 0.717) is 10.8 Å². The largest absolute Gasteiger partial charge is 0.371 e. The van der Waals surface area contributed by atoms with E-state index in [9.17, 15) is 8.42 Å². The Morgan fingerprint density at radius 3 is 2.26 bits per heavy atom. The number of hydrogen-bond acceptors (Lipinski definition) is 5. The first-order valence-electron chi connectivity index (χ1n) is 15.0. The van der Waals surface area contributed by atoms with Crippen molar-refractivity contribution in [2.45, 2.75) is 74.5 Å². The molecule has 0 spiro atoms. The molecule has 206 valence electrons. The molecule has 3 aliphatic heterocycles. The van der Waals surface area contributed by atoms with Crippen LogP contribution in [0.4, 0.5) is 5.69 Å². The van der Waals surface area contributed by atoms with E-state index in [2.05, 4.69) is 39.4 Å². The molecule has 1 atom stereocenters. The van der Waals surface area contributed by atoms with Crippen LogP contribution in [-0.2, 0) is 21.8 Å². The highest BCUT2D eigenvalue weighted by Gasteiger charge is 2.50. The second-order valence-electron chi connectivity index (χ2n) is 12.6. The molecule has 1 saturated carbocycles. The van der Waals surface area contributed by atoms with Crippen LogP contribution in [0.5, 0.6) is 0 Å². The Bertz CT molecular complexity index is 1210. The Labute approximate surface area is 229 Å². The number of piperidine rings is 1. The van der Waals surface area contributed by atoms with Gasteiger partial charge in [-0.15, -0.1) is 0 Å². The maximum atomic E-state index is 12.4. The van der Waals surface area contributed by atoms with E-state index >= 15 is 0 Å².